The van der Waals surface area contributed by atoms with E-state index in [-0.39, 0.29) is 0 Å². The van der Waals surface area contributed by atoms with Crippen molar-refractivity contribution in [1.82, 2.24) is 4.98 Å². The highest BCUT2D eigenvalue weighted by atomic mass is 16.5. The number of hydrogen-bond acceptors (Lipinski definition) is 4. The molecule has 1 aromatic heterocycles. The Morgan fingerprint density at radius 3 is 2.81 bits per heavy atom. The molecule has 0 aliphatic carbocycles. The monoisotopic (exact) mass is 224 g/mol. The highest BCUT2D eigenvalue weighted by molar-refractivity contribution is 5.72. The van der Waals surface area contributed by atoms with Crippen molar-refractivity contribution in [2.24, 2.45) is 5.73 Å². The smallest absolute Gasteiger partial charge is 0.344 e. The minimum absolute atomic E-state index is 0.359. The van der Waals surface area contributed by atoms with Crippen LogP contribution in [0, 0.1) is 0 Å². The zero-order valence-electron chi connectivity index (χ0n) is 9.22. The van der Waals surface area contributed by atoms with Crippen LogP contribution in [0.5, 0.6) is 5.75 Å². The lowest BCUT2D eigenvalue weighted by molar-refractivity contribution is -0.145. The van der Waals surface area contributed by atoms with E-state index in [1.165, 1.54) is 6.20 Å². The minimum atomic E-state index is -0.954. The van der Waals surface area contributed by atoms with Crippen molar-refractivity contribution < 1.29 is 14.6 Å². The number of carboxylic acids is 1. The Balaban J connectivity index is 2.65. The first-order valence-corrected chi connectivity index (χ1v) is 5.21. The molecule has 1 heterocycles. The molecule has 0 fully saturated rings. The summed E-state index contributed by atoms with van der Waals surface area (Å²) >= 11 is 0. The van der Waals surface area contributed by atoms with Crippen LogP contribution in [0.3, 0.4) is 0 Å². The number of nitrogens with zero attached hydrogens (tertiary/aromatic N) is 1. The van der Waals surface area contributed by atoms with E-state index in [9.17, 15) is 4.79 Å². The average Bonchev–Trinajstić information content (AvgIpc) is 2.29. The van der Waals surface area contributed by atoms with Crippen molar-refractivity contribution in [2.75, 3.05) is 0 Å². The fourth-order valence-corrected chi connectivity index (χ4v) is 1.26. The minimum Gasteiger partial charge on any atom is -0.479 e. The zero-order chi connectivity index (χ0) is 12.0. The maximum atomic E-state index is 10.9. The topological polar surface area (TPSA) is 85.4 Å². The van der Waals surface area contributed by atoms with E-state index in [4.69, 9.17) is 15.6 Å². The summed E-state index contributed by atoms with van der Waals surface area (Å²) < 4.78 is 5.31. The summed E-state index contributed by atoms with van der Waals surface area (Å²) in [6, 6.07) is 3.40. The molecule has 0 radical (unpaired) electrons. The SMILES string of the molecule is CCCC(Oc1ccc(CN)nc1)C(=O)O. The summed E-state index contributed by atoms with van der Waals surface area (Å²) in [4.78, 5) is 14.9. The number of pyridine rings is 1. The van der Waals surface area contributed by atoms with Gasteiger partial charge in [-0.25, -0.2) is 4.79 Å². The maximum absolute atomic E-state index is 10.9. The third-order valence-corrected chi connectivity index (χ3v) is 2.11. The summed E-state index contributed by atoms with van der Waals surface area (Å²) in [6.45, 7) is 2.27. The summed E-state index contributed by atoms with van der Waals surface area (Å²) in [5, 5.41) is 8.90. The fraction of sp³-hybridized carbons (Fsp3) is 0.455. The van der Waals surface area contributed by atoms with Crippen LogP contribution in [0.25, 0.3) is 0 Å². The number of aromatic nitrogens is 1. The summed E-state index contributed by atoms with van der Waals surface area (Å²) in [7, 11) is 0. The van der Waals surface area contributed by atoms with Crippen LogP contribution in [-0.4, -0.2) is 22.2 Å². The van der Waals surface area contributed by atoms with Gasteiger partial charge < -0.3 is 15.6 Å². The van der Waals surface area contributed by atoms with Gasteiger partial charge in [-0.1, -0.05) is 13.3 Å². The molecule has 88 valence electrons. The van der Waals surface area contributed by atoms with E-state index in [1.54, 1.807) is 12.1 Å². The van der Waals surface area contributed by atoms with Gasteiger partial charge in [0.05, 0.1) is 11.9 Å². The summed E-state index contributed by atoms with van der Waals surface area (Å²) in [5.41, 5.74) is 6.14. The molecule has 1 unspecified atom stereocenters. The lowest BCUT2D eigenvalue weighted by Crippen LogP contribution is -2.26. The van der Waals surface area contributed by atoms with E-state index in [0.717, 1.165) is 12.1 Å². The largest absolute Gasteiger partial charge is 0.479 e. The van der Waals surface area contributed by atoms with Crippen LogP contribution in [0.1, 0.15) is 25.5 Å². The quantitative estimate of drug-likeness (QED) is 0.757. The van der Waals surface area contributed by atoms with E-state index in [0.29, 0.717) is 18.7 Å². The van der Waals surface area contributed by atoms with Crippen molar-refractivity contribution in [3.05, 3.63) is 24.0 Å². The van der Waals surface area contributed by atoms with Crippen molar-refractivity contribution in [2.45, 2.75) is 32.4 Å². The van der Waals surface area contributed by atoms with Gasteiger partial charge in [0.2, 0.25) is 0 Å². The molecule has 1 rings (SSSR count). The molecule has 0 aliphatic heterocycles. The van der Waals surface area contributed by atoms with Gasteiger partial charge in [-0.05, 0) is 18.6 Å². The molecular formula is C11H16N2O3. The van der Waals surface area contributed by atoms with Gasteiger partial charge in [-0.2, -0.15) is 0 Å². The average molecular weight is 224 g/mol. The Morgan fingerprint density at radius 1 is 1.62 bits per heavy atom. The standard InChI is InChI=1S/C11H16N2O3/c1-2-3-10(11(14)15)16-9-5-4-8(6-12)13-7-9/h4-5,7,10H,2-3,6,12H2,1H3,(H,14,15). The highest BCUT2D eigenvalue weighted by Crippen LogP contribution is 2.13. The normalized spacial score (nSPS) is 12.1. The van der Waals surface area contributed by atoms with Crippen LogP contribution in [0.4, 0.5) is 0 Å². The molecular weight excluding hydrogens is 208 g/mol. The molecule has 5 nitrogen and oxygen atoms in total. The number of carbonyl (C=O) groups is 1. The van der Waals surface area contributed by atoms with E-state index < -0.39 is 12.1 Å². The molecule has 0 saturated carbocycles. The first kappa shape index (κ1) is 12.4. The maximum Gasteiger partial charge on any atom is 0.344 e. The lowest BCUT2D eigenvalue weighted by atomic mass is 10.2. The van der Waals surface area contributed by atoms with Crippen molar-refractivity contribution in [3.8, 4) is 5.75 Å². The second-order valence-corrected chi connectivity index (χ2v) is 3.42. The Labute approximate surface area is 94.2 Å². The number of ether oxygens (including phenoxy) is 1. The molecule has 0 aromatic carbocycles. The second kappa shape index (κ2) is 6.07. The van der Waals surface area contributed by atoms with Crippen molar-refractivity contribution in [1.29, 1.82) is 0 Å². The molecule has 0 bridgehead atoms. The molecule has 1 aromatic rings. The van der Waals surface area contributed by atoms with Crippen LogP contribution >= 0.6 is 0 Å². The third kappa shape index (κ3) is 3.51. The molecule has 5 heteroatoms. The van der Waals surface area contributed by atoms with Crippen LogP contribution in [0.2, 0.25) is 0 Å². The van der Waals surface area contributed by atoms with Gasteiger partial charge in [-0.15, -0.1) is 0 Å². The third-order valence-electron chi connectivity index (χ3n) is 2.11. The van der Waals surface area contributed by atoms with Gasteiger partial charge in [-0.3, -0.25) is 4.98 Å². The molecule has 1 atom stereocenters. The van der Waals surface area contributed by atoms with Crippen LogP contribution in [0.15, 0.2) is 18.3 Å². The molecule has 0 saturated heterocycles. The van der Waals surface area contributed by atoms with E-state index in [1.807, 2.05) is 6.92 Å². The summed E-state index contributed by atoms with van der Waals surface area (Å²) in [5.74, 6) is -0.497. The number of carboxylic acid groups (broad SMARTS) is 1. The van der Waals surface area contributed by atoms with E-state index in [2.05, 4.69) is 4.98 Å². The van der Waals surface area contributed by atoms with Crippen LogP contribution < -0.4 is 10.5 Å². The van der Waals surface area contributed by atoms with E-state index >= 15 is 0 Å². The van der Waals surface area contributed by atoms with Crippen molar-refractivity contribution >= 4 is 5.97 Å². The molecule has 0 amide bonds. The molecule has 16 heavy (non-hydrogen) atoms. The first-order valence-electron chi connectivity index (χ1n) is 5.21. The Bertz CT molecular complexity index is 338. The Hall–Kier alpha value is -1.62. The van der Waals surface area contributed by atoms with Gasteiger partial charge in [0.25, 0.3) is 0 Å². The second-order valence-electron chi connectivity index (χ2n) is 3.42. The predicted octanol–water partition coefficient (Wildman–Crippen LogP) is 1.17. The molecule has 0 aliphatic rings. The Morgan fingerprint density at radius 2 is 2.38 bits per heavy atom. The van der Waals surface area contributed by atoms with Gasteiger partial charge in [0, 0.05) is 6.54 Å². The molecule has 3 N–H and O–H groups in total. The predicted molar refractivity (Wildman–Crippen MR) is 59.1 cm³/mol. The van der Waals surface area contributed by atoms with Gasteiger partial charge in [0.1, 0.15) is 5.75 Å². The van der Waals surface area contributed by atoms with Crippen LogP contribution in [-0.2, 0) is 11.3 Å². The Kier molecular flexibility index (Phi) is 4.72. The molecule has 0 spiro atoms. The number of hydrogen-bond donors (Lipinski definition) is 2. The lowest BCUT2D eigenvalue weighted by Gasteiger charge is -2.13. The van der Waals surface area contributed by atoms with Gasteiger partial charge in [0.15, 0.2) is 6.10 Å². The number of nitrogens with two attached hydrogens (primary N) is 1. The number of aliphatic carboxylic acids is 1. The van der Waals surface area contributed by atoms with Gasteiger partial charge >= 0.3 is 5.97 Å². The number of rotatable bonds is 6. The first-order chi connectivity index (χ1) is 7.67. The zero-order valence-corrected chi connectivity index (χ0v) is 9.22. The fourth-order valence-electron chi connectivity index (χ4n) is 1.26. The van der Waals surface area contributed by atoms with Crippen molar-refractivity contribution in [3.63, 3.8) is 0 Å². The summed E-state index contributed by atoms with van der Waals surface area (Å²) in [6.07, 6.45) is 1.92. The highest BCUT2D eigenvalue weighted by Gasteiger charge is 2.17.